The maximum Gasteiger partial charge on any atom is 0.314 e. The molecular formula is C19H30N3O6S+. The molecule has 9 nitrogen and oxygen atoms in total. The number of carbonyl (C=O) groups is 2. The molecule has 0 saturated carbocycles. The molecule has 1 amide bonds. The molecule has 2 atom stereocenters. The van der Waals surface area contributed by atoms with Crippen LogP contribution in [0.3, 0.4) is 0 Å². The average Bonchev–Trinajstić information content (AvgIpc) is 2.68. The maximum absolute atomic E-state index is 12.6. The molecule has 162 valence electrons. The Bertz CT molecular complexity index is 840. The Morgan fingerprint density at radius 2 is 2.03 bits per heavy atom. The lowest BCUT2D eigenvalue weighted by Crippen LogP contribution is -3.14. The van der Waals surface area contributed by atoms with Gasteiger partial charge in [-0.1, -0.05) is 0 Å². The van der Waals surface area contributed by atoms with Crippen molar-refractivity contribution in [2.24, 2.45) is 5.92 Å². The summed E-state index contributed by atoms with van der Waals surface area (Å²) in [6.07, 6.45) is 1.61. The van der Waals surface area contributed by atoms with Crippen molar-refractivity contribution >= 4 is 27.6 Å². The number of quaternary nitrogens is 1. The molecule has 1 aromatic rings. The number of esters is 1. The van der Waals surface area contributed by atoms with Crippen molar-refractivity contribution in [3.05, 3.63) is 18.2 Å². The molecule has 1 aliphatic heterocycles. The summed E-state index contributed by atoms with van der Waals surface area (Å²) in [4.78, 5) is 25.6. The Kier molecular flexibility index (Phi) is 8.00. The largest absolute Gasteiger partial charge is 0.495 e. The smallest absolute Gasteiger partial charge is 0.314 e. The number of hydrogen-bond acceptors (Lipinski definition) is 6. The highest BCUT2D eigenvalue weighted by molar-refractivity contribution is 7.89. The van der Waals surface area contributed by atoms with E-state index in [1.165, 1.54) is 39.4 Å². The third kappa shape index (κ3) is 5.91. The second-order valence-corrected chi connectivity index (χ2v) is 9.32. The molecule has 1 unspecified atom stereocenters. The minimum Gasteiger partial charge on any atom is -0.495 e. The van der Waals surface area contributed by atoms with Crippen molar-refractivity contribution in [3.8, 4) is 5.75 Å². The number of likely N-dealkylation sites (tertiary alicyclic amines) is 1. The minimum atomic E-state index is -3.64. The molecule has 2 rings (SSSR count). The molecule has 1 saturated heterocycles. The number of methoxy groups -OCH3 is 1. The van der Waals surface area contributed by atoms with Crippen LogP contribution in [0.1, 0.15) is 19.8 Å². The number of nitrogens with zero attached hydrogens (tertiary/aromatic N) is 1. The fraction of sp³-hybridized carbons (Fsp3) is 0.579. The van der Waals surface area contributed by atoms with Crippen LogP contribution in [0.4, 0.5) is 5.69 Å². The maximum atomic E-state index is 12.6. The molecule has 0 bridgehead atoms. The van der Waals surface area contributed by atoms with Gasteiger partial charge in [-0.2, -0.15) is 0 Å². The number of piperidine rings is 1. The first-order chi connectivity index (χ1) is 13.7. The second-order valence-electron chi connectivity index (χ2n) is 7.17. The van der Waals surface area contributed by atoms with Gasteiger partial charge in [-0.3, -0.25) is 9.59 Å². The fourth-order valence-electron chi connectivity index (χ4n) is 3.35. The van der Waals surface area contributed by atoms with Gasteiger partial charge in [0.2, 0.25) is 10.0 Å². The monoisotopic (exact) mass is 428 g/mol. The molecule has 1 heterocycles. The van der Waals surface area contributed by atoms with Crippen molar-refractivity contribution in [1.29, 1.82) is 0 Å². The van der Waals surface area contributed by atoms with Gasteiger partial charge in [0.25, 0.3) is 5.91 Å². The molecule has 10 heteroatoms. The Balaban J connectivity index is 2.09. The SMILES string of the molecule is CCOC(=O)[C@@H]1CCC[NH+](CC(=O)Nc2cc(S(=O)(=O)N(C)C)ccc2OC)C1. The van der Waals surface area contributed by atoms with E-state index in [0.29, 0.717) is 24.6 Å². The normalized spacial score (nSPS) is 19.6. The standard InChI is InChI=1S/C19H29N3O6S/c1-5-28-19(24)14-7-6-10-22(12-14)13-18(23)20-16-11-15(8-9-17(16)27-4)29(25,26)21(2)3/h8-9,11,14H,5-7,10,12-13H2,1-4H3,(H,20,23)/p+1/t14-/m1/s1. The van der Waals surface area contributed by atoms with E-state index in [-0.39, 0.29) is 29.2 Å². The Hall–Kier alpha value is -2.17. The number of benzene rings is 1. The van der Waals surface area contributed by atoms with Gasteiger partial charge in [0.15, 0.2) is 6.54 Å². The first kappa shape index (κ1) is 23.1. The number of amides is 1. The summed E-state index contributed by atoms with van der Waals surface area (Å²) in [7, 11) is 0.693. The third-order valence-corrected chi connectivity index (χ3v) is 6.68. The molecule has 1 aromatic carbocycles. The molecule has 1 fully saturated rings. The summed E-state index contributed by atoms with van der Waals surface area (Å²) in [5, 5.41) is 2.75. The van der Waals surface area contributed by atoms with Crippen molar-refractivity contribution in [1.82, 2.24) is 4.31 Å². The van der Waals surface area contributed by atoms with Crippen molar-refractivity contribution in [3.63, 3.8) is 0 Å². The van der Waals surface area contributed by atoms with Crippen LogP contribution in [-0.4, -0.2) is 72.0 Å². The first-order valence-electron chi connectivity index (χ1n) is 9.59. The van der Waals surface area contributed by atoms with Gasteiger partial charge in [-0.05, 0) is 38.0 Å². The Morgan fingerprint density at radius 3 is 2.66 bits per heavy atom. The van der Waals surface area contributed by atoms with Gasteiger partial charge < -0.3 is 19.7 Å². The van der Waals surface area contributed by atoms with E-state index in [1.807, 2.05) is 0 Å². The topological polar surface area (TPSA) is 106 Å². The van der Waals surface area contributed by atoms with Crippen LogP contribution in [0.15, 0.2) is 23.1 Å². The summed E-state index contributed by atoms with van der Waals surface area (Å²) in [5.74, 6) is -0.320. The summed E-state index contributed by atoms with van der Waals surface area (Å²) >= 11 is 0. The van der Waals surface area contributed by atoms with Crippen molar-refractivity contribution in [2.75, 3.05) is 52.8 Å². The van der Waals surface area contributed by atoms with Crippen LogP contribution in [-0.2, 0) is 24.3 Å². The van der Waals surface area contributed by atoms with Crippen LogP contribution < -0.4 is 15.0 Å². The van der Waals surface area contributed by atoms with E-state index in [1.54, 1.807) is 6.92 Å². The zero-order chi connectivity index (χ0) is 21.6. The summed E-state index contributed by atoms with van der Waals surface area (Å²) in [5.41, 5.74) is 0.291. The van der Waals surface area contributed by atoms with Crippen LogP contribution in [0, 0.1) is 5.92 Å². The number of anilines is 1. The summed E-state index contributed by atoms with van der Waals surface area (Å²) in [6, 6.07) is 4.33. The quantitative estimate of drug-likeness (QED) is 0.553. The van der Waals surface area contributed by atoms with Crippen molar-refractivity contribution in [2.45, 2.75) is 24.7 Å². The van der Waals surface area contributed by atoms with Gasteiger partial charge in [-0.25, -0.2) is 12.7 Å². The predicted molar refractivity (Wildman–Crippen MR) is 107 cm³/mol. The van der Waals surface area contributed by atoms with Crippen LogP contribution in [0.2, 0.25) is 0 Å². The van der Waals surface area contributed by atoms with E-state index in [4.69, 9.17) is 9.47 Å². The average molecular weight is 429 g/mol. The van der Waals surface area contributed by atoms with Crippen LogP contribution in [0.25, 0.3) is 0 Å². The number of ether oxygens (including phenoxy) is 2. The molecule has 0 spiro atoms. The molecule has 29 heavy (non-hydrogen) atoms. The second kappa shape index (κ2) is 10.0. The Labute approximate surface area is 172 Å². The van der Waals surface area contributed by atoms with E-state index in [2.05, 4.69) is 5.32 Å². The number of carbonyl (C=O) groups excluding carboxylic acids is 2. The zero-order valence-electron chi connectivity index (χ0n) is 17.4. The summed E-state index contributed by atoms with van der Waals surface area (Å²) < 4.78 is 36.2. The zero-order valence-corrected chi connectivity index (χ0v) is 18.2. The molecule has 2 N–H and O–H groups in total. The molecule has 0 aliphatic carbocycles. The van der Waals surface area contributed by atoms with Crippen LogP contribution >= 0.6 is 0 Å². The highest BCUT2D eigenvalue weighted by atomic mass is 32.2. The number of nitrogens with one attached hydrogen (secondary N) is 2. The van der Waals surface area contributed by atoms with E-state index in [0.717, 1.165) is 28.6 Å². The fourth-order valence-corrected chi connectivity index (χ4v) is 4.28. The van der Waals surface area contributed by atoms with Gasteiger partial charge >= 0.3 is 5.97 Å². The number of hydrogen-bond donors (Lipinski definition) is 2. The van der Waals surface area contributed by atoms with E-state index >= 15 is 0 Å². The Morgan fingerprint density at radius 1 is 1.31 bits per heavy atom. The van der Waals surface area contributed by atoms with Gasteiger partial charge in [0.1, 0.15) is 11.7 Å². The van der Waals surface area contributed by atoms with E-state index < -0.39 is 10.0 Å². The molecule has 0 radical (unpaired) electrons. The lowest BCUT2D eigenvalue weighted by molar-refractivity contribution is -0.899. The van der Waals surface area contributed by atoms with Gasteiger partial charge in [0, 0.05) is 14.1 Å². The molecule has 1 aliphatic rings. The molecular weight excluding hydrogens is 398 g/mol. The lowest BCUT2D eigenvalue weighted by Gasteiger charge is -2.28. The highest BCUT2D eigenvalue weighted by Gasteiger charge is 2.31. The third-order valence-electron chi connectivity index (χ3n) is 4.87. The minimum absolute atomic E-state index is 0.0614. The van der Waals surface area contributed by atoms with E-state index in [9.17, 15) is 18.0 Å². The van der Waals surface area contributed by atoms with Gasteiger partial charge in [-0.15, -0.1) is 0 Å². The first-order valence-corrected chi connectivity index (χ1v) is 11.0. The highest BCUT2D eigenvalue weighted by Crippen LogP contribution is 2.28. The predicted octanol–water partition coefficient (Wildman–Crippen LogP) is -0.258. The van der Waals surface area contributed by atoms with Crippen molar-refractivity contribution < 1.29 is 32.4 Å². The summed E-state index contributed by atoms with van der Waals surface area (Å²) in [6.45, 7) is 3.62. The lowest BCUT2D eigenvalue weighted by atomic mass is 9.98. The molecule has 0 aromatic heterocycles. The van der Waals surface area contributed by atoms with Gasteiger partial charge in [0.05, 0.1) is 37.4 Å². The van der Waals surface area contributed by atoms with Crippen LogP contribution in [0.5, 0.6) is 5.75 Å². The number of sulfonamides is 1. The number of rotatable bonds is 8.